The van der Waals surface area contributed by atoms with E-state index in [1.807, 2.05) is 20.8 Å². The molecule has 1 saturated heterocycles. The summed E-state index contributed by atoms with van der Waals surface area (Å²) in [6.45, 7) is 6.05. The number of ether oxygens (including phenoxy) is 1. The number of carbonyl (C=O) groups is 1. The molecule has 5 heteroatoms. The molecular formula is C10H19NO3S. The van der Waals surface area contributed by atoms with Gasteiger partial charge in [-0.2, -0.15) is 0 Å². The van der Waals surface area contributed by atoms with E-state index in [2.05, 4.69) is 5.32 Å². The zero-order valence-corrected chi connectivity index (χ0v) is 10.5. The van der Waals surface area contributed by atoms with Gasteiger partial charge in [0.1, 0.15) is 6.04 Å². The van der Waals surface area contributed by atoms with Gasteiger partial charge in [0.05, 0.1) is 10.5 Å². The van der Waals surface area contributed by atoms with Gasteiger partial charge in [0.25, 0.3) is 0 Å². The number of aliphatic carboxylic acids is 1. The van der Waals surface area contributed by atoms with Crippen LogP contribution in [0.4, 0.5) is 0 Å². The topological polar surface area (TPSA) is 58.6 Å². The van der Waals surface area contributed by atoms with Crippen molar-refractivity contribution >= 4 is 17.7 Å². The molecule has 2 atom stereocenters. The third kappa shape index (κ3) is 3.36. The van der Waals surface area contributed by atoms with Crippen LogP contribution in [0.25, 0.3) is 0 Å². The number of hydrogen-bond donors (Lipinski definition) is 2. The molecule has 0 saturated carbocycles. The predicted octanol–water partition coefficient (Wildman–Crippen LogP) is 1.31. The van der Waals surface area contributed by atoms with E-state index < -0.39 is 12.0 Å². The number of carboxylic acid groups (broad SMARTS) is 1. The van der Waals surface area contributed by atoms with E-state index in [0.717, 1.165) is 6.42 Å². The van der Waals surface area contributed by atoms with E-state index in [1.54, 1.807) is 18.9 Å². The molecule has 0 aromatic carbocycles. The van der Waals surface area contributed by atoms with Gasteiger partial charge in [0.2, 0.25) is 0 Å². The van der Waals surface area contributed by atoms with E-state index in [9.17, 15) is 4.79 Å². The maximum Gasteiger partial charge on any atom is 0.321 e. The third-order valence-corrected chi connectivity index (χ3v) is 4.06. The molecule has 1 aliphatic rings. The normalized spacial score (nSPS) is 31.9. The Balaban J connectivity index is 2.59. The van der Waals surface area contributed by atoms with Crippen molar-refractivity contribution in [1.29, 1.82) is 0 Å². The van der Waals surface area contributed by atoms with Crippen molar-refractivity contribution in [2.75, 3.05) is 12.9 Å². The van der Waals surface area contributed by atoms with Gasteiger partial charge in [-0.05, 0) is 20.8 Å². The molecule has 1 heterocycles. The van der Waals surface area contributed by atoms with Crippen LogP contribution in [-0.4, -0.2) is 40.5 Å². The molecule has 1 aliphatic heterocycles. The summed E-state index contributed by atoms with van der Waals surface area (Å²) in [5.41, 5.74) is -0.234. The smallest absolute Gasteiger partial charge is 0.321 e. The van der Waals surface area contributed by atoms with Crippen LogP contribution in [0.5, 0.6) is 0 Å². The summed E-state index contributed by atoms with van der Waals surface area (Å²) in [5, 5.41) is 12.0. The number of methoxy groups -OCH3 is 1. The Hall–Kier alpha value is -0.260. The van der Waals surface area contributed by atoms with Gasteiger partial charge in [0.15, 0.2) is 0 Å². The molecule has 2 N–H and O–H groups in total. The first-order valence-corrected chi connectivity index (χ1v) is 5.96. The molecule has 0 spiro atoms. The quantitative estimate of drug-likeness (QED) is 0.766. The Bertz CT molecular complexity index is 257. The van der Waals surface area contributed by atoms with Crippen molar-refractivity contribution in [3.63, 3.8) is 0 Å². The highest BCUT2D eigenvalue weighted by Crippen LogP contribution is 2.37. The van der Waals surface area contributed by atoms with Crippen LogP contribution < -0.4 is 5.32 Å². The van der Waals surface area contributed by atoms with Gasteiger partial charge >= 0.3 is 5.97 Å². The Labute approximate surface area is 94.8 Å². The van der Waals surface area contributed by atoms with Crippen LogP contribution in [-0.2, 0) is 9.53 Å². The highest BCUT2D eigenvalue weighted by atomic mass is 32.2. The lowest BCUT2D eigenvalue weighted by Crippen LogP contribution is -2.47. The fraction of sp³-hybridized carbons (Fsp3) is 0.900. The molecule has 0 aliphatic carbocycles. The molecule has 1 fully saturated rings. The summed E-state index contributed by atoms with van der Waals surface area (Å²) >= 11 is 1.65. The maximum atomic E-state index is 10.8. The SMILES string of the molecule is COC(C)(C)CC1(C)N[C@@H](C(=O)O)CS1. The monoisotopic (exact) mass is 233 g/mol. The highest BCUT2D eigenvalue weighted by molar-refractivity contribution is 8.00. The summed E-state index contributed by atoms with van der Waals surface area (Å²) in [5.74, 6) is -0.160. The fourth-order valence-electron chi connectivity index (χ4n) is 1.84. The Morgan fingerprint density at radius 2 is 2.33 bits per heavy atom. The van der Waals surface area contributed by atoms with E-state index >= 15 is 0 Å². The zero-order chi connectivity index (χ0) is 11.7. The molecule has 4 nitrogen and oxygen atoms in total. The minimum Gasteiger partial charge on any atom is -0.480 e. The van der Waals surface area contributed by atoms with Gasteiger partial charge in [-0.25, -0.2) is 0 Å². The second-order valence-electron chi connectivity index (χ2n) is 4.72. The lowest BCUT2D eigenvalue weighted by molar-refractivity contribution is -0.139. The first-order chi connectivity index (χ1) is 6.78. The average molecular weight is 233 g/mol. The molecule has 0 aromatic rings. The number of nitrogens with one attached hydrogen (secondary N) is 1. The van der Waals surface area contributed by atoms with E-state index in [1.165, 1.54) is 0 Å². The molecule has 88 valence electrons. The van der Waals surface area contributed by atoms with Crippen molar-refractivity contribution < 1.29 is 14.6 Å². The maximum absolute atomic E-state index is 10.8. The molecule has 1 rings (SSSR count). The number of thioether (sulfide) groups is 1. The largest absolute Gasteiger partial charge is 0.480 e. The van der Waals surface area contributed by atoms with Gasteiger partial charge < -0.3 is 9.84 Å². The van der Waals surface area contributed by atoms with Crippen molar-refractivity contribution in [3.05, 3.63) is 0 Å². The van der Waals surface area contributed by atoms with Crippen LogP contribution in [0.15, 0.2) is 0 Å². The van der Waals surface area contributed by atoms with Crippen molar-refractivity contribution in [1.82, 2.24) is 5.32 Å². The third-order valence-electron chi connectivity index (χ3n) is 2.66. The number of rotatable bonds is 4. The average Bonchev–Trinajstić information content (AvgIpc) is 2.47. The summed E-state index contributed by atoms with van der Waals surface area (Å²) in [7, 11) is 1.68. The van der Waals surface area contributed by atoms with E-state index in [4.69, 9.17) is 9.84 Å². The van der Waals surface area contributed by atoms with Crippen molar-refractivity contribution in [2.24, 2.45) is 0 Å². The fourth-order valence-corrected chi connectivity index (χ4v) is 3.27. The zero-order valence-electron chi connectivity index (χ0n) is 9.66. The molecule has 0 bridgehead atoms. The van der Waals surface area contributed by atoms with Crippen molar-refractivity contribution in [2.45, 2.75) is 43.7 Å². The minimum atomic E-state index is -0.776. The minimum absolute atomic E-state index is 0.206. The summed E-state index contributed by atoms with van der Waals surface area (Å²) in [6, 6.07) is -0.437. The second kappa shape index (κ2) is 4.31. The van der Waals surface area contributed by atoms with Gasteiger partial charge in [0, 0.05) is 19.3 Å². The van der Waals surface area contributed by atoms with Gasteiger partial charge in [-0.3, -0.25) is 10.1 Å². The highest BCUT2D eigenvalue weighted by Gasteiger charge is 2.41. The molecule has 15 heavy (non-hydrogen) atoms. The lowest BCUT2D eigenvalue weighted by Gasteiger charge is -2.33. The summed E-state index contributed by atoms with van der Waals surface area (Å²) in [4.78, 5) is 10.6. The second-order valence-corrected chi connectivity index (χ2v) is 6.24. The first-order valence-electron chi connectivity index (χ1n) is 4.98. The molecule has 0 radical (unpaired) electrons. The van der Waals surface area contributed by atoms with Crippen LogP contribution in [0, 0.1) is 0 Å². The van der Waals surface area contributed by atoms with Crippen LogP contribution in [0.1, 0.15) is 27.2 Å². The molecule has 0 amide bonds. The molecular weight excluding hydrogens is 214 g/mol. The molecule has 0 aromatic heterocycles. The summed E-state index contributed by atoms with van der Waals surface area (Å²) < 4.78 is 5.36. The Morgan fingerprint density at radius 1 is 1.73 bits per heavy atom. The summed E-state index contributed by atoms with van der Waals surface area (Å²) in [6.07, 6.45) is 0.783. The van der Waals surface area contributed by atoms with Crippen molar-refractivity contribution in [3.8, 4) is 0 Å². The van der Waals surface area contributed by atoms with Crippen LogP contribution in [0.3, 0.4) is 0 Å². The van der Waals surface area contributed by atoms with E-state index in [-0.39, 0.29) is 10.5 Å². The Morgan fingerprint density at radius 3 is 2.73 bits per heavy atom. The number of hydrogen-bond acceptors (Lipinski definition) is 4. The van der Waals surface area contributed by atoms with E-state index in [0.29, 0.717) is 5.75 Å². The molecule has 1 unspecified atom stereocenters. The Kier molecular flexibility index (Phi) is 3.68. The van der Waals surface area contributed by atoms with Gasteiger partial charge in [-0.1, -0.05) is 0 Å². The number of carboxylic acids is 1. The van der Waals surface area contributed by atoms with Crippen LogP contribution in [0.2, 0.25) is 0 Å². The first kappa shape index (κ1) is 12.8. The predicted molar refractivity (Wildman–Crippen MR) is 61.1 cm³/mol. The lowest BCUT2D eigenvalue weighted by atomic mass is 9.99. The van der Waals surface area contributed by atoms with Crippen LogP contribution >= 0.6 is 11.8 Å². The standard InChI is InChI=1S/C10H19NO3S/c1-9(2,14-4)6-10(3)11-7(5-15-10)8(12)13/h7,11H,5-6H2,1-4H3,(H,12,13)/t7-,10?/m1/s1. The van der Waals surface area contributed by atoms with Gasteiger partial charge in [-0.15, -0.1) is 11.8 Å².